The fraction of sp³-hybridized carbons (Fsp3) is 1.00. The molecule has 8 aliphatic rings. The number of nitrogens with one attached hydrogen (secondary N) is 1. The number of hydrogen-bond donors (Lipinski definition) is 1. The van der Waals surface area contributed by atoms with E-state index in [2.05, 4.69) is 5.32 Å². The van der Waals surface area contributed by atoms with Crippen LogP contribution in [-0.4, -0.2) is 11.6 Å². The summed E-state index contributed by atoms with van der Waals surface area (Å²) in [5.41, 5.74) is 0.606. The van der Waals surface area contributed by atoms with Gasteiger partial charge in [-0.25, -0.2) is 0 Å². The van der Waals surface area contributed by atoms with Crippen LogP contribution in [0.4, 0.5) is 0 Å². The lowest BCUT2D eigenvalue weighted by Gasteiger charge is -2.62. The fourth-order valence-electron chi connectivity index (χ4n) is 8.80. The van der Waals surface area contributed by atoms with Crippen LogP contribution in [0, 0.1) is 41.4 Å². The molecule has 0 aromatic heterocycles. The maximum Gasteiger partial charge on any atom is 0.0192 e. The van der Waals surface area contributed by atoms with E-state index >= 15 is 0 Å². The van der Waals surface area contributed by atoms with Crippen LogP contribution in [0.1, 0.15) is 70.6 Å². The van der Waals surface area contributed by atoms with E-state index in [1.54, 1.807) is 70.6 Å². The summed E-state index contributed by atoms with van der Waals surface area (Å²) in [6.45, 7) is 0. The van der Waals surface area contributed by atoms with E-state index in [0.29, 0.717) is 5.54 Å². The third-order valence-corrected chi connectivity index (χ3v) is 8.74. The van der Waals surface area contributed by atoms with Gasteiger partial charge in [-0.2, -0.15) is 0 Å². The molecule has 8 saturated carbocycles. The van der Waals surface area contributed by atoms with Gasteiger partial charge in [0.15, 0.2) is 0 Å². The second kappa shape index (κ2) is 4.88. The summed E-state index contributed by atoms with van der Waals surface area (Å²) in [6, 6.07) is 0.925. The van der Waals surface area contributed by atoms with Gasteiger partial charge in [0.25, 0.3) is 0 Å². The van der Waals surface area contributed by atoms with E-state index in [4.69, 9.17) is 0 Å². The average molecular weight is 322 g/mol. The topological polar surface area (TPSA) is 12.0 Å². The van der Waals surface area contributed by atoms with Crippen molar-refractivity contribution in [2.45, 2.75) is 82.2 Å². The summed E-state index contributed by atoms with van der Waals surface area (Å²) >= 11 is 0. The molecule has 8 aliphatic carbocycles. The Morgan fingerprint density at radius 1 is 0.545 bits per heavy atom. The highest BCUT2D eigenvalue weighted by Crippen LogP contribution is 2.58. The highest BCUT2D eigenvalue weighted by Gasteiger charge is 2.55. The second-order valence-corrected chi connectivity index (χ2v) is 10.3. The normalized spacial score (nSPS) is 60.5. The smallest absolute Gasteiger partial charge is 0.0192 e. The average Bonchev–Trinajstić information content (AvgIpc) is 2.40. The molecule has 0 atom stereocenters. The Bertz CT molecular complexity index is 395. The zero-order chi connectivity index (χ0) is 13.6. The maximum atomic E-state index is 4.41. The lowest BCUT2D eigenvalue weighted by Crippen LogP contribution is -2.65. The first kappa shape index (κ1) is 14.6. The Hall–Kier alpha value is 0.250. The van der Waals surface area contributed by atoms with Crippen molar-refractivity contribution in [1.82, 2.24) is 5.32 Å². The first-order valence-electron chi connectivity index (χ1n) is 10.0. The minimum atomic E-state index is 0. The van der Waals surface area contributed by atoms with Crippen molar-refractivity contribution in [3.8, 4) is 0 Å². The molecular weight excluding hydrogens is 290 g/mol. The monoisotopic (exact) mass is 321 g/mol. The molecule has 0 heterocycles. The van der Waals surface area contributed by atoms with Crippen LogP contribution >= 0.6 is 12.4 Å². The summed E-state index contributed by atoms with van der Waals surface area (Å²) in [5.74, 6) is 7.68. The lowest BCUT2D eigenvalue weighted by atomic mass is 9.51. The zero-order valence-electron chi connectivity index (χ0n) is 13.8. The first-order chi connectivity index (χ1) is 10.2. The molecule has 8 bridgehead atoms. The quantitative estimate of drug-likeness (QED) is 0.771. The van der Waals surface area contributed by atoms with Gasteiger partial charge in [-0.05, 0) is 112 Å². The third kappa shape index (κ3) is 2.07. The molecule has 0 unspecified atom stereocenters. The first-order valence-corrected chi connectivity index (χ1v) is 10.0. The van der Waals surface area contributed by atoms with Crippen LogP contribution in [-0.2, 0) is 0 Å². The Balaban J connectivity index is 0.00000113. The molecule has 1 N–H and O–H groups in total. The van der Waals surface area contributed by atoms with Crippen LogP contribution in [0.5, 0.6) is 0 Å². The number of halogens is 1. The summed E-state index contributed by atoms with van der Waals surface area (Å²) in [4.78, 5) is 0. The molecular formula is C20H32ClN. The maximum absolute atomic E-state index is 4.41. The molecule has 22 heavy (non-hydrogen) atoms. The van der Waals surface area contributed by atoms with Gasteiger partial charge in [-0.3, -0.25) is 0 Å². The fourth-order valence-corrected chi connectivity index (χ4v) is 8.80. The van der Waals surface area contributed by atoms with E-state index in [1.165, 1.54) is 0 Å². The molecule has 0 amide bonds. The van der Waals surface area contributed by atoms with Crippen LogP contribution in [0.2, 0.25) is 0 Å². The second-order valence-electron chi connectivity index (χ2n) is 10.3. The standard InChI is InChI=1S/C20H31N.ClH/c1-12-5-17-7-13(1)8-18(6-12)19(17)21-20-9-14-2-15(10-20)4-16(3-14)11-20;/h12-19,21H,1-11H2;1H. The summed E-state index contributed by atoms with van der Waals surface area (Å²) in [7, 11) is 0. The van der Waals surface area contributed by atoms with Gasteiger partial charge in [-0.15, -0.1) is 12.4 Å². The molecule has 0 aromatic carbocycles. The van der Waals surface area contributed by atoms with E-state index < -0.39 is 0 Å². The third-order valence-electron chi connectivity index (χ3n) is 8.74. The van der Waals surface area contributed by atoms with Gasteiger partial charge in [-0.1, -0.05) is 0 Å². The number of rotatable bonds is 2. The van der Waals surface area contributed by atoms with Crippen molar-refractivity contribution in [2.75, 3.05) is 0 Å². The van der Waals surface area contributed by atoms with Crippen molar-refractivity contribution >= 4 is 12.4 Å². The Morgan fingerprint density at radius 2 is 0.955 bits per heavy atom. The summed E-state index contributed by atoms with van der Waals surface area (Å²) < 4.78 is 0. The van der Waals surface area contributed by atoms with Crippen molar-refractivity contribution in [1.29, 1.82) is 0 Å². The molecule has 8 fully saturated rings. The lowest BCUT2D eigenvalue weighted by molar-refractivity contribution is -0.0688. The minimum absolute atomic E-state index is 0. The molecule has 0 spiro atoms. The van der Waals surface area contributed by atoms with Gasteiger partial charge in [0.1, 0.15) is 0 Å². The predicted octanol–water partition coefficient (Wildman–Crippen LogP) is 4.79. The van der Waals surface area contributed by atoms with E-state index in [9.17, 15) is 0 Å². The van der Waals surface area contributed by atoms with Crippen molar-refractivity contribution in [3.63, 3.8) is 0 Å². The molecule has 0 saturated heterocycles. The summed E-state index contributed by atoms with van der Waals surface area (Å²) in [6.07, 6.45) is 17.3. The molecule has 124 valence electrons. The van der Waals surface area contributed by atoms with Gasteiger partial charge < -0.3 is 5.32 Å². The predicted molar refractivity (Wildman–Crippen MR) is 92.1 cm³/mol. The minimum Gasteiger partial charge on any atom is -0.308 e. The van der Waals surface area contributed by atoms with Crippen LogP contribution in [0.3, 0.4) is 0 Å². The molecule has 1 nitrogen and oxygen atoms in total. The van der Waals surface area contributed by atoms with E-state index in [-0.39, 0.29) is 12.4 Å². The van der Waals surface area contributed by atoms with Crippen LogP contribution in [0.15, 0.2) is 0 Å². The van der Waals surface area contributed by atoms with Crippen LogP contribution < -0.4 is 5.32 Å². The number of hydrogen-bond acceptors (Lipinski definition) is 1. The molecule has 0 aliphatic heterocycles. The Morgan fingerprint density at radius 3 is 1.41 bits per heavy atom. The largest absolute Gasteiger partial charge is 0.308 e. The van der Waals surface area contributed by atoms with Gasteiger partial charge in [0.05, 0.1) is 0 Å². The molecule has 8 rings (SSSR count). The van der Waals surface area contributed by atoms with Crippen LogP contribution in [0.25, 0.3) is 0 Å². The SMILES string of the molecule is C1C2CC3CC1CC(C2)C3NC12CC3CC(CC(C3)C1)C2.Cl. The molecule has 2 heteroatoms. The van der Waals surface area contributed by atoms with Crippen molar-refractivity contribution in [2.24, 2.45) is 41.4 Å². The Labute approximate surface area is 141 Å². The van der Waals surface area contributed by atoms with Crippen molar-refractivity contribution < 1.29 is 0 Å². The highest BCUT2D eigenvalue weighted by atomic mass is 35.5. The molecule has 0 radical (unpaired) electrons. The van der Waals surface area contributed by atoms with E-state index in [0.717, 1.165) is 47.5 Å². The molecule has 0 aromatic rings. The van der Waals surface area contributed by atoms with E-state index in [1.807, 2.05) is 0 Å². The van der Waals surface area contributed by atoms with Gasteiger partial charge in [0.2, 0.25) is 0 Å². The summed E-state index contributed by atoms with van der Waals surface area (Å²) in [5, 5.41) is 4.41. The zero-order valence-corrected chi connectivity index (χ0v) is 14.6. The van der Waals surface area contributed by atoms with Crippen molar-refractivity contribution in [3.05, 3.63) is 0 Å². The van der Waals surface area contributed by atoms with Gasteiger partial charge in [0, 0.05) is 11.6 Å². The Kier molecular flexibility index (Phi) is 3.24. The van der Waals surface area contributed by atoms with Gasteiger partial charge >= 0.3 is 0 Å². The highest BCUT2D eigenvalue weighted by molar-refractivity contribution is 5.85.